The van der Waals surface area contributed by atoms with Crippen LogP contribution in [0, 0.1) is 13.8 Å². The number of anilines is 1. The average molecular weight is 272 g/mol. The fraction of sp³-hybridized carbons (Fsp3) is 0.154. The SMILES string of the molecule is Cc1csc(NC(=O)c2c(C)nc3ccccn23)n1. The van der Waals surface area contributed by atoms with Crippen molar-refractivity contribution in [3.8, 4) is 0 Å². The molecule has 0 aliphatic rings. The monoisotopic (exact) mass is 272 g/mol. The van der Waals surface area contributed by atoms with Gasteiger partial charge >= 0.3 is 0 Å². The topological polar surface area (TPSA) is 59.3 Å². The Kier molecular flexibility index (Phi) is 2.79. The maximum absolute atomic E-state index is 12.3. The quantitative estimate of drug-likeness (QED) is 0.780. The number of pyridine rings is 1. The van der Waals surface area contributed by atoms with E-state index in [1.54, 1.807) is 4.40 Å². The molecule has 0 radical (unpaired) electrons. The summed E-state index contributed by atoms with van der Waals surface area (Å²) in [6, 6.07) is 5.64. The molecule has 0 saturated carbocycles. The highest BCUT2D eigenvalue weighted by Crippen LogP contribution is 2.17. The first-order valence-corrected chi connectivity index (χ1v) is 6.70. The summed E-state index contributed by atoms with van der Waals surface area (Å²) in [4.78, 5) is 20.9. The zero-order valence-corrected chi connectivity index (χ0v) is 11.4. The van der Waals surface area contributed by atoms with Crippen molar-refractivity contribution in [3.05, 3.63) is 46.9 Å². The third-order valence-corrected chi connectivity index (χ3v) is 3.63. The van der Waals surface area contributed by atoms with Crippen LogP contribution >= 0.6 is 11.3 Å². The van der Waals surface area contributed by atoms with Gasteiger partial charge in [-0.05, 0) is 26.0 Å². The van der Waals surface area contributed by atoms with Crippen LogP contribution in [0.2, 0.25) is 0 Å². The Morgan fingerprint density at radius 2 is 2.16 bits per heavy atom. The van der Waals surface area contributed by atoms with Crippen LogP contribution < -0.4 is 5.32 Å². The molecule has 0 spiro atoms. The molecule has 0 aromatic carbocycles. The number of hydrogen-bond acceptors (Lipinski definition) is 4. The lowest BCUT2D eigenvalue weighted by Gasteiger charge is -2.02. The van der Waals surface area contributed by atoms with Crippen LogP contribution in [0.25, 0.3) is 5.65 Å². The minimum atomic E-state index is -0.189. The summed E-state index contributed by atoms with van der Waals surface area (Å²) in [5.74, 6) is -0.189. The van der Waals surface area contributed by atoms with Gasteiger partial charge in [0.2, 0.25) is 0 Å². The summed E-state index contributed by atoms with van der Waals surface area (Å²) in [6.45, 7) is 3.72. The van der Waals surface area contributed by atoms with Crippen molar-refractivity contribution in [2.24, 2.45) is 0 Å². The van der Waals surface area contributed by atoms with Gasteiger partial charge in [0.15, 0.2) is 5.13 Å². The fourth-order valence-electron chi connectivity index (χ4n) is 1.95. The summed E-state index contributed by atoms with van der Waals surface area (Å²) >= 11 is 1.41. The Labute approximate surface area is 113 Å². The molecule has 3 aromatic rings. The highest BCUT2D eigenvalue weighted by Gasteiger charge is 2.17. The van der Waals surface area contributed by atoms with Crippen molar-refractivity contribution < 1.29 is 4.79 Å². The maximum Gasteiger partial charge on any atom is 0.276 e. The predicted molar refractivity (Wildman–Crippen MR) is 74.7 cm³/mol. The molecule has 0 unspecified atom stereocenters. The lowest BCUT2D eigenvalue weighted by atomic mass is 10.3. The van der Waals surface area contributed by atoms with Gasteiger partial charge in [-0.1, -0.05) is 6.07 Å². The van der Waals surface area contributed by atoms with Crippen LogP contribution in [0.15, 0.2) is 29.8 Å². The molecule has 0 bridgehead atoms. The van der Waals surface area contributed by atoms with E-state index in [1.807, 2.05) is 43.6 Å². The molecule has 0 atom stereocenters. The Balaban J connectivity index is 1.99. The van der Waals surface area contributed by atoms with Crippen molar-refractivity contribution in [2.75, 3.05) is 5.32 Å². The van der Waals surface area contributed by atoms with Gasteiger partial charge in [0, 0.05) is 11.6 Å². The highest BCUT2D eigenvalue weighted by atomic mass is 32.1. The fourth-order valence-corrected chi connectivity index (χ4v) is 2.64. The maximum atomic E-state index is 12.3. The first kappa shape index (κ1) is 11.9. The Hall–Kier alpha value is -2.21. The van der Waals surface area contributed by atoms with E-state index in [9.17, 15) is 4.79 Å². The molecule has 5 nitrogen and oxygen atoms in total. The van der Waals surface area contributed by atoms with Gasteiger partial charge in [-0.3, -0.25) is 14.5 Å². The summed E-state index contributed by atoms with van der Waals surface area (Å²) in [7, 11) is 0. The number of imidazole rings is 1. The zero-order chi connectivity index (χ0) is 13.4. The number of rotatable bonds is 2. The molecule has 1 N–H and O–H groups in total. The standard InChI is InChI=1S/C13H12N4OS/c1-8-7-19-13(14-8)16-12(18)11-9(2)15-10-5-3-4-6-17(10)11/h3-7H,1-2H3,(H,14,16,18). The van der Waals surface area contributed by atoms with Gasteiger partial charge in [0.1, 0.15) is 11.3 Å². The van der Waals surface area contributed by atoms with Gasteiger partial charge in [0.25, 0.3) is 5.91 Å². The van der Waals surface area contributed by atoms with Crippen molar-refractivity contribution >= 4 is 28.0 Å². The predicted octanol–water partition coefficient (Wildman–Crippen LogP) is 2.66. The summed E-state index contributed by atoms with van der Waals surface area (Å²) < 4.78 is 1.78. The van der Waals surface area contributed by atoms with Gasteiger partial charge in [-0.25, -0.2) is 9.97 Å². The van der Waals surface area contributed by atoms with Gasteiger partial charge in [-0.2, -0.15) is 0 Å². The number of nitrogens with one attached hydrogen (secondary N) is 1. The van der Waals surface area contributed by atoms with Crippen molar-refractivity contribution in [2.45, 2.75) is 13.8 Å². The molecule has 0 saturated heterocycles. The number of aromatic nitrogens is 3. The van der Waals surface area contributed by atoms with E-state index in [0.29, 0.717) is 16.5 Å². The van der Waals surface area contributed by atoms with Crippen LogP contribution in [0.4, 0.5) is 5.13 Å². The van der Waals surface area contributed by atoms with E-state index in [1.165, 1.54) is 11.3 Å². The Morgan fingerprint density at radius 1 is 1.32 bits per heavy atom. The molecule has 6 heteroatoms. The molecular formula is C13H12N4OS. The van der Waals surface area contributed by atoms with Gasteiger partial charge in [0.05, 0.1) is 11.4 Å². The van der Waals surface area contributed by atoms with Crippen molar-refractivity contribution in [1.82, 2.24) is 14.4 Å². The Bertz CT molecular complexity index is 759. The second-order valence-electron chi connectivity index (χ2n) is 4.22. The van der Waals surface area contributed by atoms with Crippen LogP contribution in [0.3, 0.4) is 0 Å². The average Bonchev–Trinajstić information content (AvgIpc) is 2.91. The molecule has 3 rings (SSSR count). The first-order valence-electron chi connectivity index (χ1n) is 5.82. The smallest absolute Gasteiger partial charge is 0.276 e. The van der Waals surface area contributed by atoms with E-state index in [2.05, 4.69) is 15.3 Å². The number of carbonyl (C=O) groups excluding carboxylic acids is 1. The molecule has 3 aromatic heterocycles. The second-order valence-corrected chi connectivity index (χ2v) is 5.08. The van der Waals surface area contributed by atoms with Crippen molar-refractivity contribution in [3.63, 3.8) is 0 Å². The van der Waals surface area contributed by atoms with Crippen LogP contribution in [0.1, 0.15) is 21.9 Å². The van der Waals surface area contributed by atoms with E-state index in [4.69, 9.17) is 0 Å². The lowest BCUT2D eigenvalue weighted by molar-refractivity contribution is 0.102. The summed E-state index contributed by atoms with van der Waals surface area (Å²) in [5.41, 5.74) is 2.91. The minimum Gasteiger partial charge on any atom is -0.296 e. The van der Waals surface area contributed by atoms with E-state index in [0.717, 1.165) is 11.3 Å². The summed E-state index contributed by atoms with van der Waals surface area (Å²) in [6.07, 6.45) is 1.83. The van der Waals surface area contributed by atoms with Crippen LogP contribution in [0.5, 0.6) is 0 Å². The third-order valence-electron chi connectivity index (χ3n) is 2.76. The van der Waals surface area contributed by atoms with E-state index < -0.39 is 0 Å². The number of fused-ring (bicyclic) bond motifs is 1. The highest BCUT2D eigenvalue weighted by molar-refractivity contribution is 7.13. The Morgan fingerprint density at radius 3 is 2.89 bits per heavy atom. The van der Waals surface area contributed by atoms with Crippen molar-refractivity contribution in [1.29, 1.82) is 0 Å². The largest absolute Gasteiger partial charge is 0.296 e. The van der Waals surface area contributed by atoms with Gasteiger partial charge < -0.3 is 0 Å². The molecule has 3 heterocycles. The van der Waals surface area contributed by atoms with Gasteiger partial charge in [-0.15, -0.1) is 11.3 Å². The van der Waals surface area contributed by atoms with E-state index >= 15 is 0 Å². The molecule has 0 aliphatic carbocycles. The molecule has 19 heavy (non-hydrogen) atoms. The summed E-state index contributed by atoms with van der Waals surface area (Å²) in [5, 5.41) is 5.31. The molecular weight excluding hydrogens is 260 g/mol. The third kappa shape index (κ3) is 2.10. The molecule has 1 amide bonds. The van der Waals surface area contributed by atoms with E-state index in [-0.39, 0.29) is 5.91 Å². The molecule has 0 aliphatic heterocycles. The number of carbonyl (C=O) groups is 1. The second kappa shape index (κ2) is 4.47. The number of hydrogen-bond donors (Lipinski definition) is 1. The molecule has 96 valence electrons. The number of aryl methyl sites for hydroxylation is 2. The lowest BCUT2D eigenvalue weighted by Crippen LogP contribution is -2.15. The normalized spacial score (nSPS) is 10.8. The number of thiazole rings is 1. The van der Waals surface area contributed by atoms with Crippen LogP contribution in [-0.2, 0) is 0 Å². The zero-order valence-electron chi connectivity index (χ0n) is 10.5. The minimum absolute atomic E-state index is 0.189. The van der Waals surface area contributed by atoms with Crippen LogP contribution in [-0.4, -0.2) is 20.3 Å². The first-order chi connectivity index (χ1) is 9.15. The number of nitrogens with zero attached hydrogens (tertiary/aromatic N) is 3. The number of amides is 1. The molecule has 0 fully saturated rings.